The Labute approximate surface area is 95.8 Å². The third kappa shape index (κ3) is 2.43. The standard InChI is InChI=1S/C6H2Br2ClFO2S/c7-5-3(10)1-2-4(6(5)8)13(9,11)12/h1-2H. The summed E-state index contributed by atoms with van der Waals surface area (Å²) in [7, 11) is 1.24. The van der Waals surface area contributed by atoms with E-state index < -0.39 is 14.9 Å². The minimum atomic E-state index is -3.84. The van der Waals surface area contributed by atoms with Crippen LogP contribution in [0, 0.1) is 5.82 Å². The first kappa shape index (κ1) is 11.4. The lowest BCUT2D eigenvalue weighted by molar-refractivity contribution is 0.605. The van der Waals surface area contributed by atoms with Crippen LogP contribution in [0.2, 0.25) is 0 Å². The SMILES string of the molecule is O=S(=O)(Cl)c1ccc(F)c(Br)c1Br. The van der Waals surface area contributed by atoms with Gasteiger partial charge in [0.2, 0.25) is 0 Å². The minimum absolute atomic E-state index is 0.0363. The highest BCUT2D eigenvalue weighted by Gasteiger charge is 2.18. The molecule has 0 saturated heterocycles. The maximum Gasteiger partial charge on any atom is 0.262 e. The van der Waals surface area contributed by atoms with Gasteiger partial charge in [-0.3, -0.25) is 0 Å². The molecule has 0 aliphatic heterocycles. The molecule has 1 aromatic carbocycles. The fourth-order valence-electron chi connectivity index (χ4n) is 0.696. The summed E-state index contributed by atoms with van der Waals surface area (Å²) < 4.78 is 34.8. The topological polar surface area (TPSA) is 34.1 Å². The van der Waals surface area contributed by atoms with Gasteiger partial charge in [-0.15, -0.1) is 0 Å². The first-order valence-corrected chi connectivity index (χ1v) is 6.81. The summed E-state index contributed by atoms with van der Waals surface area (Å²) in [5.41, 5.74) is 0. The highest BCUT2D eigenvalue weighted by molar-refractivity contribution is 9.13. The predicted molar refractivity (Wildman–Crippen MR) is 54.8 cm³/mol. The van der Waals surface area contributed by atoms with Crippen molar-refractivity contribution in [3.8, 4) is 0 Å². The second-order valence-electron chi connectivity index (χ2n) is 2.11. The Balaban J connectivity index is 3.53. The third-order valence-corrected chi connectivity index (χ3v) is 5.02. The lowest BCUT2D eigenvalue weighted by atomic mass is 10.3. The fourth-order valence-corrected chi connectivity index (χ4v) is 3.35. The summed E-state index contributed by atoms with van der Waals surface area (Å²) in [6.07, 6.45) is 0. The van der Waals surface area contributed by atoms with Crippen LogP contribution in [0.3, 0.4) is 0 Å². The van der Waals surface area contributed by atoms with Gasteiger partial charge in [0.25, 0.3) is 9.05 Å². The second-order valence-corrected chi connectivity index (χ2v) is 6.23. The Bertz CT molecular complexity index is 446. The Kier molecular flexibility index (Phi) is 3.38. The molecule has 1 aromatic rings. The zero-order valence-corrected chi connectivity index (χ0v) is 10.6. The van der Waals surface area contributed by atoms with Gasteiger partial charge >= 0.3 is 0 Å². The van der Waals surface area contributed by atoms with Crippen molar-refractivity contribution in [2.45, 2.75) is 4.90 Å². The van der Waals surface area contributed by atoms with Crippen LogP contribution in [0.15, 0.2) is 26.0 Å². The first-order valence-electron chi connectivity index (χ1n) is 2.92. The van der Waals surface area contributed by atoms with E-state index in [1.165, 1.54) is 0 Å². The number of rotatable bonds is 1. The van der Waals surface area contributed by atoms with E-state index in [0.717, 1.165) is 12.1 Å². The van der Waals surface area contributed by atoms with E-state index in [1.54, 1.807) is 0 Å². The summed E-state index contributed by atoms with van der Waals surface area (Å²) in [4.78, 5) is -0.164. The van der Waals surface area contributed by atoms with Crippen LogP contribution in [-0.2, 0) is 9.05 Å². The number of halogens is 4. The van der Waals surface area contributed by atoms with E-state index in [4.69, 9.17) is 10.7 Å². The van der Waals surface area contributed by atoms with Crippen LogP contribution in [0.1, 0.15) is 0 Å². The lowest BCUT2D eigenvalue weighted by Gasteiger charge is -2.02. The van der Waals surface area contributed by atoms with Crippen molar-refractivity contribution in [2.75, 3.05) is 0 Å². The molecule has 0 fully saturated rings. The molecule has 0 N–H and O–H groups in total. The Morgan fingerprint density at radius 2 is 1.77 bits per heavy atom. The highest BCUT2D eigenvalue weighted by atomic mass is 79.9. The molecule has 0 radical (unpaired) electrons. The van der Waals surface area contributed by atoms with Crippen LogP contribution in [0.4, 0.5) is 4.39 Å². The van der Waals surface area contributed by atoms with Crippen LogP contribution >= 0.6 is 42.5 Å². The van der Waals surface area contributed by atoms with Crippen LogP contribution in [0.25, 0.3) is 0 Å². The molecular weight excluding hydrogens is 350 g/mol. The molecule has 0 aliphatic carbocycles. The lowest BCUT2D eigenvalue weighted by Crippen LogP contribution is -1.94. The number of hydrogen-bond acceptors (Lipinski definition) is 2. The summed E-state index contributed by atoms with van der Waals surface area (Å²) in [5.74, 6) is -0.559. The van der Waals surface area contributed by atoms with E-state index in [-0.39, 0.29) is 13.8 Å². The largest absolute Gasteiger partial charge is 0.262 e. The molecule has 0 bridgehead atoms. The molecule has 72 valence electrons. The van der Waals surface area contributed by atoms with E-state index >= 15 is 0 Å². The van der Waals surface area contributed by atoms with Gasteiger partial charge in [0.15, 0.2) is 0 Å². The zero-order chi connectivity index (χ0) is 10.2. The maximum atomic E-state index is 12.8. The van der Waals surface area contributed by atoms with Crippen molar-refractivity contribution in [1.29, 1.82) is 0 Å². The molecule has 2 nitrogen and oxygen atoms in total. The summed E-state index contributed by atoms with van der Waals surface area (Å²) >= 11 is 5.79. The van der Waals surface area contributed by atoms with Gasteiger partial charge < -0.3 is 0 Å². The molecule has 0 unspecified atom stereocenters. The zero-order valence-electron chi connectivity index (χ0n) is 5.89. The van der Waals surface area contributed by atoms with Gasteiger partial charge in [-0.05, 0) is 44.0 Å². The highest BCUT2D eigenvalue weighted by Crippen LogP contribution is 2.33. The van der Waals surface area contributed by atoms with Gasteiger partial charge in [-0.1, -0.05) is 0 Å². The predicted octanol–water partition coefficient (Wildman–Crippen LogP) is 3.28. The average Bonchev–Trinajstić information content (AvgIpc) is 1.98. The molecule has 0 atom stereocenters. The maximum absolute atomic E-state index is 12.8. The third-order valence-electron chi connectivity index (χ3n) is 1.26. The smallest absolute Gasteiger partial charge is 0.207 e. The number of benzene rings is 1. The molecular formula is C6H2Br2ClFO2S. The molecule has 0 aromatic heterocycles. The minimum Gasteiger partial charge on any atom is -0.207 e. The van der Waals surface area contributed by atoms with Crippen molar-refractivity contribution in [3.05, 3.63) is 26.9 Å². The molecule has 13 heavy (non-hydrogen) atoms. The normalized spacial score (nSPS) is 11.7. The van der Waals surface area contributed by atoms with E-state index in [2.05, 4.69) is 31.9 Å². The monoisotopic (exact) mass is 350 g/mol. The molecule has 0 heterocycles. The van der Waals surface area contributed by atoms with Crippen LogP contribution in [0.5, 0.6) is 0 Å². The van der Waals surface area contributed by atoms with Gasteiger partial charge in [0.05, 0.1) is 13.8 Å². The van der Waals surface area contributed by atoms with E-state index in [0.29, 0.717) is 0 Å². The molecule has 0 saturated carbocycles. The molecule has 0 aliphatic rings. The van der Waals surface area contributed by atoms with Crippen molar-refractivity contribution in [2.24, 2.45) is 0 Å². The summed E-state index contributed by atoms with van der Waals surface area (Å²) in [6.45, 7) is 0. The van der Waals surface area contributed by atoms with Gasteiger partial charge in [0, 0.05) is 10.7 Å². The van der Waals surface area contributed by atoms with Gasteiger partial charge in [-0.25, -0.2) is 12.8 Å². The molecule has 0 amide bonds. The van der Waals surface area contributed by atoms with Crippen molar-refractivity contribution < 1.29 is 12.8 Å². The Morgan fingerprint density at radius 3 is 2.23 bits per heavy atom. The van der Waals surface area contributed by atoms with E-state index in [1.807, 2.05) is 0 Å². The van der Waals surface area contributed by atoms with Crippen molar-refractivity contribution >= 4 is 51.6 Å². The molecule has 0 spiro atoms. The van der Waals surface area contributed by atoms with Crippen LogP contribution in [-0.4, -0.2) is 8.42 Å². The van der Waals surface area contributed by atoms with Crippen molar-refractivity contribution in [1.82, 2.24) is 0 Å². The van der Waals surface area contributed by atoms with Crippen LogP contribution < -0.4 is 0 Å². The first-order chi connectivity index (χ1) is 5.84. The summed E-state index contributed by atoms with van der Waals surface area (Å²) in [5, 5.41) is 0. The van der Waals surface area contributed by atoms with Gasteiger partial charge in [0.1, 0.15) is 5.82 Å². The van der Waals surface area contributed by atoms with E-state index in [9.17, 15) is 12.8 Å². The Hall–Kier alpha value is 0.350. The quantitative estimate of drug-likeness (QED) is 0.574. The Morgan fingerprint density at radius 1 is 1.23 bits per heavy atom. The van der Waals surface area contributed by atoms with Gasteiger partial charge in [-0.2, -0.15) is 0 Å². The van der Waals surface area contributed by atoms with Crippen molar-refractivity contribution in [3.63, 3.8) is 0 Å². The second kappa shape index (κ2) is 3.84. The molecule has 7 heteroatoms. The molecule has 1 rings (SSSR count). The number of hydrogen-bond donors (Lipinski definition) is 0. The summed E-state index contributed by atoms with van der Waals surface area (Å²) in [6, 6.07) is 2.11. The fraction of sp³-hybridized carbons (Fsp3) is 0. The average molecular weight is 352 g/mol.